The summed E-state index contributed by atoms with van der Waals surface area (Å²) < 4.78 is 11.2. The molecule has 0 saturated carbocycles. The van der Waals surface area contributed by atoms with Crippen LogP contribution in [0.15, 0.2) is 77.2 Å². The van der Waals surface area contributed by atoms with E-state index in [1.807, 2.05) is 48.5 Å². The molecule has 0 N–H and O–H groups in total. The number of furan rings is 1. The van der Waals surface area contributed by atoms with Gasteiger partial charge in [0, 0.05) is 21.9 Å². The van der Waals surface area contributed by atoms with Gasteiger partial charge >= 0.3 is 5.97 Å². The van der Waals surface area contributed by atoms with Crippen LogP contribution in [-0.2, 0) is 4.79 Å². The summed E-state index contributed by atoms with van der Waals surface area (Å²) in [5.74, 6) is -0.0000631. The molecule has 1 aromatic heterocycles. The van der Waals surface area contributed by atoms with E-state index in [9.17, 15) is 4.79 Å². The molecule has 0 atom stereocenters. The van der Waals surface area contributed by atoms with Crippen LogP contribution in [0.2, 0.25) is 5.02 Å². The zero-order valence-corrected chi connectivity index (χ0v) is 13.9. The number of rotatable bonds is 3. The van der Waals surface area contributed by atoms with Crippen LogP contribution in [0.5, 0.6) is 5.75 Å². The molecule has 0 spiro atoms. The van der Waals surface area contributed by atoms with Gasteiger partial charge in [-0.05, 0) is 42.0 Å². The van der Waals surface area contributed by atoms with Crippen LogP contribution in [0.25, 0.3) is 28.0 Å². The van der Waals surface area contributed by atoms with Gasteiger partial charge in [-0.2, -0.15) is 0 Å². The molecule has 0 unspecified atom stereocenters. The average Bonchev–Trinajstić information content (AvgIpc) is 2.99. The first-order chi connectivity index (χ1) is 12.2. The van der Waals surface area contributed by atoms with E-state index in [-0.39, 0.29) is 0 Å². The number of carbonyl (C=O) groups is 1. The Kier molecular flexibility index (Phi) is 4.00. The second kappa shape index (κ2) is 6.46. The second-order valence-electron chi connectivity index (χ2n) is 5.53. The van der Waals surface area contributed by atoms with Crippen LogP contribution in [0, 0.1) is 0 Å². The Balaban J connectivity index is 1.59. The highest BCUT2D eigenvalue weighted by atomic mass is 35.5. The van der Waals surface area contributed by atoms with Crippen molar-refractivity contribution in [1.82, 2.24) is 0 Å². The molecule has 4 rings (SSSR count). The maximum Gasteiger partial charge on any atom is 0.336 e. The van der Waals surface area contributed by atoms with E-state index >= 15 is 0 Å². The maximum absolute atomic E-state index is 12.1. The number of hydrogen-bond acceptors (Lipinski definition) is 3. The van der Waals surface area contributed by atoms with Crippen molar-refractivity contribution in [3.63, 3.8) is 0 Å². The molecule has 3 nitrogen and oxygen atoms in total. The molecular formula is C21H13ClO3. The van der Waals surface area contributed by atoms with Crippen LogP contribution in [0.1, 0.15) is 5.56 Å². The van der Waals surface area contributed by atoms with Crippen LogP contribution in [0.3, 0.4) is 0 Å². The first kappa shape index (κ1) is 15.5. The van der Waals surface area contributed by atoms with Gasteiger partial charge in [-0.1, -0.05) is 48.0 Å². The quantitative estimate of drug-likeness (QED) is 0.264. The number of fused-ring (bicyclic) bond motifs is 3. The number of ether oxygens (including phenoxy) is 1. The van der Waals surface area contributed by atoms with Crippen LogP contribution >= 0.6 is 11.6 Å². The molecule has 0 fully saturated rings. The van der Waals surface area contributed by atoms with Gasteiger partial charge < -0.3 is 9.15 Å². The van der Waals surface area contributed by atoms with Gasteiger partial charge in [0.2, 0.25) is 0 Å². The molecular weight excluding hydrogens is 336 g/mol. The SMILES string of the molecule is O=C(/C=C/c1ccccc1Cl)Oc1ccc2oc3ccccc3c2c1. The molecule has 4 aromatic rings. The van der Waals surface area contributed by atoms with E-state index in [4.69, 9.17) is 20.8 Å². The molecule has 0 amide bonds. The average molecular weight is 349 g/mol. The highest BCUT2D eigenvalue weighted by molar-refractivity contribution is 6.32. The number of carbonyl (C=O) groups excluding carboxylic acids is 1. The first-order valence-electron chi connectivity index (χ1n) is 7.76. The number of halogens is 1. The van der Waals surface area contributed by atoms with Gasteiger partial charge in [0.05, 0.1) is 0 Å². The fourth-order valence-electron chi connectivity index (χ4n) is 2.69. The van der Waals surface area contributed by atoms with E-state index in [1.54, 1.807) is 24.3 Å². The monoisotopic (exact) mass is 348 g/mol. The molecule has 1 heterocycles. The van der Waals surface area contributed by atoms with Crippen LogP contribution in [-0.4, -0.2) is 5.97 Å². The Morgan fingerprint density at radius 2 is 1.68 bits per heavy atom. The predicted octanol–water partition coefficient (Wildman–Crippen LogP) is 5.86. The highest BCUT2D eigenvalue weighted by Gasteiger charge is 2.09. The first-order valence-corrected chi connectivity index (χ1v) is 8.14. The molecule has 0 aliphatic rings. The maximum atomic E-state index is 12.1. The Hall–Kier alpha value is -3.04. The van der Waals surface area contributed by atoms with Gasteiger partial charge in [0.15, 0.2) is 0 Å². The summed E-state index contributed by atoms with van der Waals surface area (Å²) in [5, 5.41) is 2.48. The molecule has 0 aliphatic carbocycles. The van der Waals surface area contributed by atoms with Gasteiger partial charge in [0.25, 0.3) is 0 Å². The number of benzene rings is 3. The molecule has 3 aromatic carbocycles. The smallest absolute Gasteiger partial charge is 0.336 e. The van der Waals surface area contributed by atoms with Gasteiger partial charge in [-0.3, -0.25) is 0 Å². The molecule has 0 radical (unpaired) electrons. The Morgan fingerprint density at radius 1 is 0.920 bits per heavy atom. The Bertz CT molecular complexity index is 1110. The lowest BCUT2D eigenvalue weighted by atomic mass is 10.1. The Morgan fingerprint density at radius 3 is 2.56 bits per heavy atom. The summed E-state index contributed by atoms with van der Waals surface area (Å²) in [4.78, 5) is 12.1. The van der Waals surface area contributed by atoms with Gasteiger partial charge in [-0.15, -0.1) is 0 Å². The lowest BCUT2D eigenvalue weighted by molar-refractivity contribution is -0.128. The van der Waals surface area contributed by atoms with Crippen molar-refractivity contribution in [2.24, 2.45) is 0 Å². The number of hydrogen-bond donors (Lipinski definition) is 0. The van der Waals surface area contributed by atoms with Crippen molar-refractivity contribution in [2.75, 3.05) is 0 Å². The third kappa shape index (κ3) is 3.14. The molecule has 0 saturated heterocycles. The van der Waals surface area contributed by atoms with Gasteiger partial charge in [-0.25, -0.2) is 4.79 Å². The third-order valence-electron chi connectivity index (χ3n) is 3.87. The van der Waals surface area contributed by atoms with Crippen LogP contribution < -0.4 is 4.74 Å². The zero-order chi connectivity index (χ0) is 17.2. The van der Waals surface area contributed by atoms with Crippen molar-refractivity contribution in [2.45, 2.75) is 0 Å². The van der Waals surface area contributed by atoms with E-state index < -0.39 is 5.97 Å². The van der Waals surface area contributed by atoms with E-state index in [1.165, 1.54) is 6.08 Å². The minimum absolute atomic E-state index is 0.466. The summed E-state index contributed by atoms with van der Waals surface area (Å²) in [5.41, 5.74) is 2.32. The van der Waals surface area contributed by atoms with Crippen molar-refractivity contribution < 1.29 is 13.9 Å². The lowest BCUT2D eigenvalue weighted by Gasteiger charge is -2.01. The molecule has 4 heteroatoms. The van der Waals surface area contributed by atoms with Gasteiger partial charge in [0.1, 0.15) is 16.9 Å². The minimum Gasteiger partial charge on any atom is -0.456 e. The summed E-state index contributed by atoms with van der Waals surface area (Å²) in [6.45, 7) is 0. The van der Waals surface area contributed by atoms with Crippen molar-refractivity contribution in [3.05, 3.63) is 83.4 Å². The summed E-state index contributed by atoms with van der Waals surface area (Å²) in [6.07, 6.45) is 3.00. The van der Waals surface area contributed by atoms with Crippen molar-refractivity contribution in [3.8, 4) is 5.75 Å². The number of esters is 1. The summed E-state index contributed by atoms with van der Waals surface area (Å²) >= 11 is 6.06. The highest BCUT2D eigenvalue weighted by Crippen LogP contribution is 2.31. The zero-order valence-electron chi connectivity index (χ0n) is 13.1. The van der Waals surface area contributed by atoms with E-state index in [0.717, 1.165) is 27.5 Å². The van der Waals surface area contributed by atoms with E-state index in [0.29, 0.717) is 10.8 Å². The standard InChI is InChI=1S/C21H13ClO3/c22-18-7-3-1-5-14(18)9-12-21(23)24-15-10-11-20-17(13-15)16-6-2-4-8-19(16)25-20/h1-13H/b12-9+. The fourth-order valence-corrected chi connectivity index (χ4v) is 2.89. The molecule has 0 bridgehead atoms. The molecule has 25 heavy (non-hydrogen) atoms. The lowest BCUT2D eigenvalue weighted by Crippen LogP contribution is -2.03. The normalized spacial score (nSPS) is 11.4. The van der Waals surface area contributed by atoms with E-state index in [2.05, 4.69) is 0 Å². The summed E-state index contributed by atoms with van der Waals surface area (Å²) in [7, 11) is 0. The Labute approximate surface area is 149 Å². The fraction of sp³-hybridized carbons (Fsp3) is 0. The number of para-hydroxylation sites is 1. The summed E-state index contributed by atoms with van der Waals surface area (Å²) in [6, 6.07) is 20.4. The molecule has 122 valence electrons. The van der Waals surface area contributed by atoms with Crippen LogP contribution in [0.4, 0.5) is 0 Å². The van der Waals surface area contributed by atoms with Crippen molar-refractivity contribution in [1.29, 1.82) is 0 Å². The minimum atomic E-state index is -0.466. The van der Waals surface area contributed by atoms with Crippen molar-refractivity contribution >= 4 is 45.6 Å². The third-order valence-corrected chi connectivity index (χ3v) is 4.22. The predicted molar refractivity (Wildman–Crippen MR) is 99.8 cm³/mol. The molecule has 0 aliphatic heterocycles. The second-order valence-corrected chi connectivity index (χ2v) is 5.94. The largest absolute Gasteiger partial charge is 0.456 e. The topological polar surface area (TPSA) is 39.4 Å².